The van der Waals surface area contributed by atoms with Crippen LogP contribution in [-0.2, 0) is 6.42 Å². The fraction of sp³-hybridized carbons (Fsp3) is 0.294. The van der Waals surface area contributed by atoms with Gasteiger partial charge in [-0.05, 0) is 48.7 Å². The Balaban J connectivity index is 2.28. The summed E-state index contributed by atoms with van der Waals surface area (Å²) in [5.74, 6) is 0. The first kappa shape index (κ1) is 15.1. The Kier molecular flexibility index (Phi) is 4.84. The summed E-state index contributed by atoms with van der Waals surface area (Å²) in [4.78, 5) is 2.18. The van der Waals surface area contributed by atoms with Crippen molar-refractivity contribution in [3.63, 3.8) is 0 Å². The van der Waals surface area contributed by atoms with Gasteiger partial charge in [0.2, 0.25) is 0 Å². The third-order valence-electron chi connectivity index (χ3n) is 3.59. The molecule has 106 valence electrons. The molecule has 2 aromatic rings. The van der Waals surface area contributed by atoms with Gasteiger partial charge in [-0.1, -0.05) is 41.1 Å². The molecule has 2 aromatic carbocycles. The van der Waals surface area contributed by atoms with Crippen LogP contribution in [0.3, 0.4) is 0 Å². The fourth-order valence-corrected chi connectivity index (χ4v) is 2.93. The van der Waals surface area contributed by atoms with Crippen LogP contribution >= 0.6 is 15.9 Å². The van der Waals surface area contributed by atoms with Gasteiger partial charge in [-0.3, -0.25) is 0 Å². The molecule has 0 saturated heterocycles. The Morgan fingerprint density at radius 1 is 1.10 bits per heavy atom. The predicted octanol–water partition coefficient (Wildman–Crippen LogP) is 4.80. The highest BCUT2D eigenvalue weighted by molar-refractivity contribution is 9.10. The molecule has 20 heavy (non-hydrogen) atoms. The Labute approximate surface area is 129 Å². The zero-order valence-electron chi connectivity index (χ0n) is 12.2. The molecule has 0 aromatic heterocycles. The van der Waals surface area contributed by atoms with Crippen LogP contribution < -0.4 is 10.6 Å². The zero-order valence-corrected chi connectivity index (χ0v) is 13.8. The number of nitrogens with two attached hydrogens (primary N) is 1. The van der Waals surface area contributed by atoms with Crippen LogP contribution in [0.2, 0.25) is 0 Å². The van der Waals surface area contributed by atoms with Crippen LogP contribution in [0.15, 0.2) is 46.9 Å². The first-order chi connectivity index (χ1) is 9.52. The minimum Gasteiger partial charge on any atom is -0.345 e. The van der Waals surface area contributed by atoms with E-state index in [1.54, 1.807) is 0 Å². The van der Waals surface area contributed by atoms with Gasteiger partial charge in [-0.25, -0.2) is 0 Å². The van der Waals surface area contributed by atoms with Gasteiger partial charge in [0.25, 0.3) is 0 Å². The van der Waals surface area contributed by atoms with Crippen molar-refractivity contribution < 1.29 is 0 Å². The molecule has 2 N–H and O–H groups in total. The van der Waals surface area contributed by atoms with Crippen molar-refractivity contribution in [3.8, 4) is 0 Å². The maximum atomic E-state index is 5.94. The van der Waals surface area contributed by atoms with Crippen molar-refractivity contribution in [1.29, 1.82) is 0 Å². The summed E-state index contributed by atoms with van der Waals surface area (Å²) < 4.78 is 1.06. The number of hydrogen-bond donors (Lipinski definition) is 1. The van der Waals surface area contributed by atoms with E-state index in [2.05, 4.69) is 77.3 Å². The molecule has 2 rings (SSSR count). The lowest BCUT2D eigenvalue weighted by molar-refractivity contribution is 0.813. The second-order valence-electron chi connectivity index (χ2n) is 5.07. The number of halogens is 1. The summed E-state index contributed by atoms with van der Waals surface area (Å²) in [5, 5.41) is 0. The van der Waals surface area contributed by atoms with E-state index in [1.807, 2.05) is 6.92 Å². The van der Waals surface area contributed by atoms with Crippen molar-refractivity contribution in [2.45, 2.75) is 26.3 Å². The molecule has 0 fully saturated rings. The maximum absolute atomic E-state index is 5.94. The Hall–Kier alpha value is -1.32. The van der Waals surface area contributed by atoms with Gasteiger partial charge in [0.15, 0.2) is 0 Å². The van der Waals surface area contributed by atoms with Crippen LogP contribution in [-0.4, -0.2) is 7.05 Å². The molecular formula is C17H21BrN2. The second-order valence-corrected chi connectivity index (χ2v) is 5.93. The first-order valence-corrected chi connectivity index (χ1v) is 7.70. The van der Waals surface area contributed by atoms with Crippen molar-refractivity contribution in [3.05, 3.63) is 58.1 Å². The molecule has 0 aliphatic carbocycles. The van der Waals surface area contributed by atoms with Gasteiger partial charge >= 0.3 is 0 Å². The molecule has 0 radical (unpaired) electrons. The molecule has 0 aliphatic rings. The molecule has 0 saturated carbocycles. The van der Waals surface area contributed by atoms with Crippen LogP contribution in [0.5, 0.6) is 0 Å². The average molecular weight is 333 g/mol. The van der Waals surface area contributed by atoms with E-state index in [-0.39, 0.29) is 6.04 Å². The van der Waals surface area contributed by atoms with E-state index in [0.717, 1.165) is 22.1 Å². The summed E-state index contributed by atoms with van der Waals surface area (Å²) in [7, 11) is 2.08. The van der Waals surface area contributed by atoms with E-state index in [1.165, 1.54) is 11.3 Å². The Morgan fingerprint density at radius 3 is 2.20 bits per heavy atom. The normalized spacial score (nSPS) is 12.2. The summed E-state index contributed by atoms with van der Waals surface area (Å²) in [5.41, 5.74) is 10.8. The number of rotatable bonds is 4. The number of hydrogen-bond acceptors (Lipinski definition) is 2. The van der Waals surface area contributed by atoms with Gasteiger partial charge in [0.1, 0.15) is 0 Å². The topological polar surface area (TPSA) is 29.3 Å². The summed E-state index contributed by atoms with van der Waals surface area (Å²) in [6.07, 6.45) is 1.07. The van der Waals surface area contributed by atoms with Crippen molar-refractivity contribution in [2.24, 2.45) is 5.73 Å². The van der Waals surface area contributed by atoms with E-state index < -0.39 is 0 Å². The lowest BCUT2D eigenvalue weighted by Crippen LogP contribution is -2.11. The van der Waals surface area contributed by atoms with E-state index in [9.17, 15) is 0 Å². The van der Waals surface area contributed by atoms with Gasteiger partial charge in [-0.15, -0.1) is 0 Å². The smallest absolute Gasteiger partial charge is 0.0419 e. The quantitative estimate of drug-likeness (QED) is 0.871. The molecule has 0 amide bonds. The molecule has 2 nitrogen and oxygen atoms in total. The molecular weight excluding hydrogens is 312 g/mol. The highest BCUT2D eigenvalue weighted by atomic mass is 79.9. The molecule has 0 aliphatic heterocycles. The minimum absolute atomic E-state index is 0.0348. The second kappa shape index (κ2) is 6.42. The minimum atomic E-state index is 0.0348. The van der Waals surface area contributed by atoms with E-state index in [4.69, 9.17) is 5.73 Å². The molecule has 1 atom stereocenters. The van der Waals surface area contributed by atoms with Crippen LogP contribution in [0.25, 0.3) is 0 Å². The largest absolute Gasteiger partial charge is 0.345 e. The standard InChI is InChI=1S/C17H21BrN2/c1-4-13-5-7-14(8-6-13)20(3)15-9-10-16(12(2)19)17(18)11-15/h5-12H,4,19H2,1-3H3. The lowest BCUT2D eigenvalue weighted by Gasteiger charge is -2.21. The summed E-state index contributed by atoms with van der Waals surface area (Å²) in [6, 6.07) is 15.0. The third kappa shape index (κ3) is 3.22. The number of aryl methyl sites for hydroxylation is 1. The molecule has 0 heterocycles. The Morgan fingerprint density at radius 2 is 1.70 bits per heavy atom. The SMILES string of the molecule is CCc1ccc(N(C)c2ccc(C(C)N)c(Br)c2)cc1. The average Bonchev–Trinajstić information content (AvgIpc) is 2.46. The zero-order chi connectivity index (χ0) is 14.7. The van der Waals surface area contributed by atoms with Gasteiger partial charge in [0.05, 0.1) is 0 Å². The highest BCUT2D eigenvalue weighted by Gasteiger charge is 2.09. The first-order valence-electron chi connectivity index (χ1n) is 6.90. The van der Waals surface area contributed by atoms with Crippen LogP contribution in [0, 0.1) is 0 Å². The van der Waals surface area contributed by atoms with Gasteiger partial charge in [-0.2, -0.15) is 0 Å². The van der Waals surface area contributed by atoms with Crippen molar-refractivity contribution in [1.82, 2.24) is 0 Å². The molecule has 0 spiro atoms. The van der Waals surface area contributed by atoms with Gasteiger partial charge < -0.3 is 10.6 Å². The molecule has 3 heteroatoms. The summed E-state index contributed by atoms with van der Waals surface area (Å²) >= 11 is 3.60. The number of benzene rings is 2. The monoisotopic (exact) mass is 332 g/mol. The van der Waals surface area contributed by atoms with E-state index >= 15 is 0 Å². The van der Waals surface area contributed by atoms with Crippen LogP contribution in [0.1, 0.15) is 31.0 Å². The number of anilines is 2. The van der Waals surface area contributed by atoms with Gasteiger partial charge in [0, 0.05) is 28.9 Å². The van der Waals surface area contributed by atoms with Crippen molar-refractivity contribution >= 4 is 27.3 Å². The molecule has 0 bridgehead atoms. The molecule has 1 unspecified atom stereocenters. The van der Waals surface area contributed by atoms with Crippen LogP contribution in [0.4, 0.5) is 11.4 Å². The fourth-order valence-electron chi connectivity index (χ4n) is 2.20. The van der Waals surface area contributed by atoms with E-state index in [0.29, 0.717) is 0 Å². The number of nitrogens with zero attached hydrogens (tertiary/aromatic N) is 1. The van der Waals surface area contributed by atoms with Crippen molar-refractivity contribution in [2.75, 3.05) is 11.9 Å². The third-order valence-corrected chi connectivity index (χ3v) is 4.28. The summed E-state index contributed by atoms with van der Waals surface area (Å²) in [6.45, 7) is 4.16. The highest BCUT2D eigenvalue weighted by Crippen LogP contribution is 2.30. The Bertz CT molecular complexity index is 576. The predicted molar refractivity (Wildman–Crippen MR) is 90.6 cm³/mol. The lowest BCUT2D eigenvalue weighted by atomic mass is 10.1. The maximum Gasteiger partial charge on any atom is 0.0419 e.